The number of hydrogen-bond donors (Lipinski definition) is 0. The Balaban J connectivity index is 2.06. The Morgan fingerprint density at radius 1 is 1.25 bits per heavy atom. The molecular weight excluding hydrogens is 319 g/mol. The summed E-state index contributed by atoms with van der Waals surface area (Å²) in [4.78, 5) is 0. The maximum atomic E-state index is 12.9. The first-order valence-electron chi connectivity index (χ1n) is 6.96. The third kappa shape index (κ3) is 3.92. The predicted molar refractivity (Wildman–Crippen MR) is 83.7 cm³/mol. The molecule has 0 spiro atoms. The smallest absolute Gasteiger partial charge is 0.123 e. The van der Waals surface area contributed by atoms with Gasteiger partial charge in [0.15, 0.2) is 0 Å². The Labute approximate surface area is 128 Å². The van der Waals surface area contributed by atoms with Crippen molar-refractivity contribution in [2.45, 2.75) is 33.2 Å². The number of aryl methyl sites for hydroxylation is 2. The van der Waals surface area contributed by atoms with Gasteiger partial charge in [0.25, 0.3) is 0 Å². The van der Waals surface area contributed by atoms with Gasteiger partial charge in [-0.1, -0.05) is 28.1 Å². The molecule has 0 saturated carbocycles. The van der Waals surface area contributed by atoms with Crippen molar-refractivity contribution in [2.75, 3.05) is 5.33 Å². The molecule has 0 bridgehead atoms. The lowest BCUT2D eigenvalue weighted by Crippen LogP contribution is -2.13. The molecule has 0 N–H and O–H groups in total. The van der Waals surface area contributed by atoms with Gasteiger partial charge < -0.3 is 0 Å². The number of rotatable bonds is 6. The molecule has 2 aromatic rings. The number of alkyl halides is 1. The third-order valence-electron chi connectivity index (χ3n) is 3.44. The van der Waals surface area contributed by atoms with Crippen molar-refractivity contribution in [1.82, 2.24) is 9.78 Å². The Morgan fingerprint density at radius 3 is 2.55 bits per heavy atom. The zero-order valence-corrected chi connectivity index (χ0v) is 13.5. The van der Waals surface area contributed by atoms with Crippen LogP contribution in [0.15, 0.2) is 30.3 Å². The zero-order valence-electron chi connectivity index (χ0n) is 11.9. The molecule has 0 aliphatic heterocycles. The second kappa shape index (κ2) is 7.02. The molecule has 20 heavy (non-hydrogen) atoms. The van der Waals surface area contributed by atoms with E-state index < -0.39 is 0 Å². The number of aromatic nitrogens is 2. The van der Waals surface area contributed by atoms with E-state index in [-0.39, 0.29) is 5.82 Å². The standard InChI is InChI=1S/C16H20BrFN2/c1-3-20-16(8-12(2)19-20)10-14(11-17)9-13-4-6-15(18)7-5-13/h4-8,14H,3,9-11H2,1-2H3. The highest BCUT2D eigenvalue weighted by atomic mass is 79.9. The quantitative estimate of drug-likeness (QED) is 0.723. The van der Waals surface area contributed by atoms with Crippen LogP contribution >= 0.6 is 15.9 Å². The minimum absolute atomic E-state index is 0.177. The van der Waals surface area contributed by atoms with Crippen molar-refractivity contribution in [1.29, 1.82) is 0 Å². The van der Waals surface area contributed by atoms with E-state index in [2.05, 4.69) is 38.7 Å². The average Bonchev–Trinajstić information content (AvgIpc) is 2.80. The Kier molecular flexibility index (Phi) is 5.35. The molecule has 0 saturated heterocycles. The van der Waals surface area contributed by atoms with E-state index in [0.29, 0.717) is 5.92 Å². The Bertz CT molecular complexity index is 548. The number of benzene rings is 1. The number of hydrogen-bond acceptors (Lipinski definition) is 1. The Hall–Kier alpha value is -1.16. The summed E-state index contributed by atoms with van der Waals surface area (Å²) in [6.45, 7) is 5.03. The highest BCUT2D eigenvalue weighted by Gasteiger charge is 2.13. The van der Waals surface area contributed by atoms with Crippen LogP contribution in [0.25, 0.3) is 0 Å². The van der Waals surface area contributed by atoms with E-state index in [9.17, 15) is 4.39 Å². The van der Waals surface area contributed by atoms with Crippen molar-refractivity contribution in [3.8, 4) is 0 Å². The van der Waals surface area contributed by atoms with Gasteiger partial charge in [-0.25, -0.2) is 4.39 Å². The highest BCUT2D eigenvalue weighted by Crippen LogP contribution is 2.18. The maximum Gasteiger partial charge on any atom is 0.123 e. The first-order valence-corrected chi connectivity index (χ1v) is 8.08. The summed E-state index contributed by atoms with van der Waals surface area (Å²) in [5.41, 5.74) is 3.52. The molecule has 1 heterocycles. The fourth-order valence-electron chi connectivity index (χ4n) is 2.47. The molecule has 4 heteroatoms. The fraction of sp³-hybridized carbons (Fsp3) is 0.438. The minimum atomic E-state index is -0.177. The van der Waals surface area contributed by atoms with E-state index in [1.807, 2.05) is 19.1 Å². The monoisotopic (exact) mass is 338 g/mol. The SMILES string of the molecule is CCn1nc(C)cc1CC(CBr)Cc1ccc(F)cc1. The molecule has 0 aliphatic carbocycles. The van der Waals surface area contributed by atoms with Crippen LogP contribution in [0, 0.1) is 18.7 Å². The van der Waals surface area contributed by atoms with Crippen LogP contribution in [0.5, 0.6) is 0 Å². The van der Waals surface area contributed by atoms with Gasteiger partial charge in [-0.2, -0.15) is 5.10 Å². The van der Waals surface area contributed by atoms with Gasteiger partial charge in [-0.15, -0.1) is 0 Å². The van der Waals surface area contributed by atoms with E-state index >= 15 is 0 Å². The van der Waals surface area contributed by atoms with Crippen molar-refractivity contribution in [3.05, 3.63) is 53.1 Å². The minimum Gasteiger partial charge on any atom is -0.270 e. The fourth-order valence-corrected chi connectivity index (χ4v) is 2.93. The molecule has 108 valence electrons. The summed E-state index contributed by atoms with van der Waals surface area (Å²) in [5, 5.41) is 5.42. The molecule has 1 aromatic carbocycles. The van der Waals surface area contributed by atoms with Gasteiger partial charge in [0.2, 0.25) is 0 Å². The third-order valence-corrected chi connectivity index (χ3v) is 4.35. The molecule has 0 aliphatic rings. The topological polar surface area (TPSA) is 17.8 Å². The van der Waals surface area contributed by atoms with Gasteiger partial charge in [-0.3, -0.25) is 4.68 Å². The molecule has 1 atom stereocenters. The van der Waals surface area contributed by atoms with Gasteiger partial charge in [0.05, 0.1) is 5.69 Å². The molecule has 0 fully saturated rings. The van der Waals surface area contributed by atoms with Crippen LogP contribution in [0.1, 0.15) is 23.9 Å². The first-order chi connectivity index (χ1) is 9.62. The maximum absolute atomic E-state index is 12.9. The average molecular weight is 339 g/mol. The van der Waals surface area contributed by atoms with E-state index in [1.54, 1.807) is 0 Å². The lowest BCUT2D eigenvalue weighted by atomic mass is 9.96. The van der Waals surface area contributed by atoms with E-state index in [1.165, 1.54) is 23.4 Å². The van der Waals surface area contributed by atoms with E-state index in [0.717, 1.165) is 30.4 Å². The molecule has 2 nitrogen and oxygen atoms in total. The molecular formula is C16H20BrFN2. The second-order valence-electron chi connectivity index (χ2n) is 5.15. The van der Waals surface area contributed by atoms with Crippen LogP contribution in [0.2, 0.25) is 0 Å². The van der Waals surface area contributed by atoms with Gasteiger partial charge >= 0.3 is 0 Å². The van der Waals surface area contributed by atoms with Crippen molar-refractivity contribution in [3.63, 3.8) is 0 Å². The molecule has 1 unspecified atom stereocenters. The number of nitrogens with zero attached hydrogens (tertiary/aromatic N) is 2. The second-order valence-corrected chi connectivity index (χ2v) is 5.80. The predicted octanol–water partition coefficient (Wildman–Crippen LogP) is 4.15. The molecule has 0 amide bonds. The summed E-state index contributed by atoms with van der Waals surface area (Å²) in [6, 6.07) is 8.95. The largest absolute Gasteiger partial charge is 0.270 e. The lowest BCUT2D eigenvalue weighted by Gasteiger charge is -2.15. The zero-order chi connectivity index (χ0) is 14.5. The van der Waals surface area contributed by atoms with Crippen LogP contribution in [-0.4, -0.2) is 15.1 Å². The van der Waals surface area contributed by atoms with Crippen LogP contribution in [0.4, 0.5) is 4.39 Å². The summed E-state index contributed by atoms with van der Waals surface area (Å²) in [7, 11) is 0. The van der Waals surface area contributed by atoms with Crippen molar-refractivity contribution < 1.29 is 4.39 Å². The number of halogens is 2. The van der Waals surface area contributed by atoms with Crippen LogP contribution in [0.3, 0.4) is 0 Å². The molecule has 1 aromatic heterocycles. The normalized spacial score (nSPS) is 12.6. The van der Waals surface area contributed by atoms with E-state index in [4.69, 9.17) is 0 Å². The van der Waals surface area contributed by atoms with Gasteiger partial charge in [0, 0.05) is 17.6 Å². The first kappa shape index (κ1) is 15.2. The summed E-state index contributed by atoms with van der Waals surface area (Å²) < 4.78 is 15.0. The van der Waals surface area contributed by atoms with Crippen LogP contribution < -0.4 is 0 Å². The van der Waals surface area contributed by atoms with Gasteiger partial charge in [-0.05, 0) is 56.4 Å². The molecule has 0 radical (unpaired) electrons. The van der Waals surface area contributed by atoms with Crippen molar-refractivity contribution in [2.24, 2.45) is 5.92 Å². The summed E-state index contributed by atoms with van der Waals surface area (Å²) in [6.07, 6.45) is 1.93. The van der Waals surface area contributed by atoms with Crippen LogP contribution in [-0.2, 0) is 19.4 Å². The Morgan fingerprint density at radius 2 is 1.95 bits per heavy atom. The highest BCUT2D eigenvalue weighted by molar-refractivity contribution is 9.09. The summed E-state index contributed by atoms with van der Waals surface area (Å²) >= 11 is 3.59. The molecule has 2 rings (SSSR count). The summed E-state index contributed by atoms with van der Waals surface area (Å²) in [5.74, 6) is 0.311. The lowest BCUT2D eigenvalue weighted by molar-refractivity contribution is 0.535. The van der Waals surface area contributed by atoms with Crippen molar-refractivity contribution >= 4 is 15.9 Å². The van der Waals surface area contributed by atoms with Gasteiger partial charge in [0.1, 0.15) is 5.82 Å².